The van der Waals surface area contributed by atoms with E-state index in [1.54, 1.807) is 0 Å². The van der Waals surface area contributed by atoms with Gasteiger partial charge in [0.05, 0.1) is 0 Å². The summed E-state index contributed by atoms with van der Waals surface area (Å²) in [5.74, 6) is 0.634. The molecule has 0 aliphatic rings. The van der Waals surface area contributed by atoms with Crippen molar-refractivity contribution in [3.05, 3.63) is 170 Å². The predicted octanol–water partition coefficient (Wildman–Crippen LogP) is 11.5. The van der Waals surface area contributed by atoms with Gasteiger partial charge in [-0.3, -0.25) is 0 Å². The first-order chi connectivity index (χ1) is 21.8. The van der Waals surface area contributed by atoms with Crippen molar-refractivity contribution in [1.82, 2.24) is 4.98 Å². The quantitative estimate of drug-likeness (QED) is 0.201. The van der Waals surface area contributed by atoms with E-state index < -0.39 is 0 Å². The number of oxazole rings is 1. The molecule has 0 spiro atoms. The lowest BCUT2D eigenvalue weighted by Crippen LogP contribution is -2.09. The van der Waals surface area contributed by atoms with Gasteiger partial charge in [-0.05, 0) is 82.2 Å². The topological polar surface area (TPSA) is 29.3 Å². The third kappa shape index (κ3) is 4.81. The Kier molecular flexibility index (Phi) is 6.47. The first-order valence-electron chi connectivity index (χ1n) is 14.8. The molecule has 8 rings (SSSR count). The Hall–Kier alpha value is -5.93. The normalized spacial score (nSPS) is 11.2. The Bertz CT molecular complexity index is 2180. The Morgan fingerprint density at radius 1 is 0.386 bits per heavy atom. The monoisotopic (exact) mass is 564 g/mol. The number of nitrogens with zero attached hydrogens (tertiary/aromatic N) is 2. The van der Waals surface area contributed by atoms with Crippen LogP contribution in [0.25, 0.3) is 55.6 Å². The Morgan fingerprint density at radius 2 is 0.864 bits per heavy atom. The summed E-state index contributed by atoms with van der Waals surface area (Å²) in [6.07, 6.45) is 0. The van der Waals surface area contributed by atoms with Gasteiger partial charge in [0.1, 0.15) is 5.52 Å². The summed E-state index contributed by atoms with van der Waals surface area (Å²) in [6.45, 7) is 0. The Morgan fingerprint density at radius 3 is 1.50 bits per heavy atom. The second-order valence-corrected chi connectivity index (χ2v) is 10.9. The van der Waals surface area contributed by atoms with Gasteiger partial charge in [-0.15, -0.1) is 0 Å². The van der Waals surface area contributed by atoms with Crippen molar-refractivity contribution in [3.63, 3.8) is 0 Å². The van der Waals surface area contributed by atoms with Crippen LogP contribution in [0.15, 0.2) is 174 Å². The minimum absolute atomic E-state index is 0.634. The van der Waals surface area contributed by atoms with Crippen molar-refractivity contribution in [2.45, 2.75) is 0 Å². The summed E-state index contributed by atoms with van der Waals surface area (Å²) in [4.78, 5) is 7.14. The second kappa shape index (κ2) is 11.0. The van der Waals surface area contributed by atoms with Crippen molar-refractivity contribution in [3.8, 4) is 33.7 Å². The molecule has 0 unspecified atom stereocenters. The molecule has 0 aliphatic heterocycles. The van der Waals surface area contributed by atoms with Gasteiger partial charge in [0, 0.05) is 28.0 Å². The van der Waals surface area contributed by atoms with Gasteiger partial charge in [-0.2, -0.15) is 0 Å². The highest BCUT2D eigenvalue weighted by Gasteiger charge is 2.14. The number of benzene rings is 7. The third-order valence-electron chi connectivity index (χ3n) is 8.12. The van der Waals surface area contributed by atoms with Crippen LogP contribution in [0.5, 0.6) is 0 Å². The fourth-order valence-electron chi connectivity index (χ4n) is 5.85. The summed E-state index contributed by atoms with van der Waals surface area (Å²) >= 11 is 0. The van der Waals surface area contributed by atoms with Crippen LogP contribution in [-0.2, 0) is 0 Å². The molecule has 0 radical (unpaired) electrons. The first-order valence-corrected chi connectivity index (χ1v) is 14.8. The molecule has 0 atom stereocenters. The molecule has 1 heterocycles. The van der Waals surface area contributed by atoms with E-state index in [9.17, 15) is 0 Å². The number of rotatable bonds is 6. The molecule has 0 saturated heterocycles. The minimum Gasteiger partial charge on any atom is -0.436 e. The van der Waals surface area contributed by atoms with Crippen LogP contribution in [-0.4, -0.2) is 4.98 Å². The number of para-hydroxylation sites is 1. The van der Waals surface area contributed by atoms with Crippen molar-refractivity contribution in [2.24, 2.45) is 0 Å². The molecule has 208 valence electrons. The molecule has 0 amide bonds. The molecule has 0 saturated carbocycles. The van der Waals surface area contributed by atoms with E-state index in [1.807, 2.05) is 24.3 Å². The fraction of sp³-hybridized carbons (Fsp3) is 0. The van der Waals surface area contributed by atoms with Crippen LogP contribution in [0, 0.1) is 0 Å². The van der Waals surface area contributed by atoms with Crippen LogP contribution in [0.1, 0.15) is 0 Å². The first kappa shape index (κ1) is 25.8. The molecular formula is C41H28N2O. The molecule has 0 aliphatic carbocycles. The largest absolute Gasteiger partial charge is 0.436 e. The van der Waals surface area contributed by atoms with Crippen LogP contribution >= 0.6 is 0 Å². The van der Waals surface area contributed by atoms with Crippen molar-refractivity contribution in [2.75, 3.05) is 4.90 Å². The molecule has 3 nitrogen and oxygen atoms in total. The molecule has 0 fully saturated rings. The van der Waals surface area contributed by atoms with Gasteiger partial charge in [-0.25, -0.2) is 4.98 Å². The fourth-order valence-corrected chi connectivity index (χ4v) is 5.85. The lowest BCUT2D eigenvalue weighted by Gasteiger charge is -2.26. The number of anilines is 3. The maximum Gasteiger partial charge on any atom is 0.227 e. The number of aromatic nitrogens is 1. The van der Waals surface area contributed by atoms with Crippen LogP contribution < -0.4 is 4.90 Å². The summed E-state index contributed by atoms with van der Waals surface area (Å²) in [5.41, 5.74) is 10.7. The van der Waals surface area contributed by atoms with E-state index >= 15 is 0 Å². The molecular weight excluding hydrogens is 536 g/mol. The van der Waals surface area contributed by atoms with E-state index in [4.69, 9.17) is 9.40 Å². The highest BCUT2D eigenvalue weighted by atomic mass is 16.3. The molecule has 0 bridgehead atoms. The average Bonchev–Trinajstić information content (AvgIpc) is 3.55. The molecule has 3 heteroatoms. The average molecular weight is 565 g/mol. The van der Waals surface area contributed by atoms with Crippen molar-refractivity contribution < 1.29 is 4.42 Å². The minimum atomic E-state index is 0.634. The lowest BCUT2D eigenvalue weighted by molar-refractivity contribution is 0.620. The zero-order valence-electron chi connectivity index (χ0n) is 24.0. The highest BCUT2D eigenvalue weighted by Crippen LogP contribution is 2.37. The van der Waals surface area contributed by atoms with Gasteiger partial charge in [-0.1, -0.05) is 115 Å². The molecule has 0 N–H and O–H groups in total. The Labute approximate surface area is 256 Å². The summed E-state index contributed by atoms with van der Waals surface area (Å²) in [6, 6.07) is 59.3. The van der Waals surface area contributed by atoms with E-state index in [2.05, 4.69) is 150 Å². The second-order valence-electron chi connectivity index (χ2n) is 10.9. The number of fused-ring (bicyclic) bond motifs is 3. The lowest BCUT2D eigenvalue weighted by atomic mass is 10.0. The molecule has 1 aromatic heterocycles. The zero-order valence-corrected chi connectivity index (χ0v) is 24.0. The van der Waals surface area contributed by atoms with E-state index in [0.717, 1.165) is 55.6 Å². The standard InChI is InChI=1S/C41H28N2O/c1-3-9-29(10-4-1)31-19-24-36(25-20-31)43(35-12-5-2-6-13-35)37-26-21-32(22-27-37)30-15-17-34(18-16-30)41-42-40-38-14-8-7-11-33(38)23-28-39(40)44-41/h1-28H. The molecule has 8 aromatic rings. The summed E-state index contributed by atoms with van der Waals surface area (Å²) in [7, 11) is 0. The summed E-state index contributed by atoms with van der Waals surface area (Å²) < 4.78 is 6.15. The van der Waals surface area contributed by atoms with E-state index in [-0.39, 0.29) is 0 Å². The molecule has 44 heavy (non-hydrogen) atoms. The van der Waals surface area contributed by atoms with Gasteiger partial charge in [0.25, 0.3) is 0 Å². The maximum atomic E-state index is 6.15. The van der Waals surface area contributed by atoms with Gasteiger partial charge in [0.15, 0.2) is 5.58 Å². The maximum absolute atomic E-state index is 6.15. The van der Waals surface area contributed by atoms with Gasteiger partial charge in [0.2, 0.25) is 5.89 Å². The van der Waals surface area contributed by atoms with Gasteiger partial charge >= 0.3 is 0 Å². The Balaban J connectivity index is 1.08. The SMILES string of the molecule is c1ccc(-c2ccc(N(c3ccccc3)c3ccc(-c4ccc(-c5nc6c(ccc7ccccc76)o5)cc4)cc3)cc2)cc1. The number of hydrogen-bond acceptors (Lipinski definition) is 3. The zero-order chi connectivity index (χ0) is 29.3. The van der Waals surface area contributed by atoms with Gasteiger partial charge < -0.3 is 9.32 Å². The van der Waals surface area contributed by atoms with Crippen molar-refractivity contribution >= 4 is 38.9 Å². The summed E-state index contributed by atoms with van der Waals surface area (Å²) in [5, 5.41) is 2.27. The van der Waals surface area contributed by atoms with Crippen molar-refractivity contribution in [1.29, 1.82) is 0 Å². The molecule has 7 aromatic carbocycles. The van der Waals surface area contributed by atoms with E-state index in [0.29, 0.717) is 5.89 Å². The predicted molar refractivity (Wildman–Crippen MR) is 183 cm³/mol. The van der Waals surface area contributed by atoms with E-state index in [1.165, 1.54) is 11.1 Å². The highest BCUT2D eigenvalue weighted by molar-refractivity contribution is 6.04. The smallest absolute Gasteiger partial charge is 0.227 e. The van der Waals surface area contributed by atoms with Crippen LogP contribution in [0.4, 0.5) is 17.1 Å². The number of hydrogen-bond donors (Lipinski definition) is 0. The third-order valence-corrected chi connectivity index (χ3v) is 8.12. The van der Waals surface area contributed by atoms with Crippen LogP contribution in [0.3, 0.4) is 0 Å². The van der Waals surface area contributed by atoms with Crippen LogP contribution in [0.2, 0.25) is 0 Å².